The highest BCUT2D eigenvalue weighted by atomic mass is 32.2. The molecule has 126 valence electrons. The van der Waals surface area contributed by atoms with Crippen LogP contribution in [0.1, 0.15) is 13.3 Å². The van der Waals surface area contributed by atoms with Crippen molar-refractivity contribution in [1.29, 1.82) is 0 Å². The molecule has 1 unspecified atom stereocenters. The number of anilines is 1. The number of nitrogens with one attached hydrogen (secondary N) is 1. The first-order chi connectivity index (χ1) is 11.6. The number of methoxy groups -OCH3 is 1. The van der Waals surface area contributed by atoms with Crippen LogP contribution in [0.25, 0.3) is 0 Å². The van der Waals surface area contributed by atoms with E-state index in [2.05, 4.69) is 12.2 Å². The van der Waals surface area contributed by atoms with Crippen molar-refractivity contribution in [3.05, 3.63) is 48.5 Å². The van der Waals surface area contributed by atoms with E-state index < -0.39 is 0 Å². The van der Waals surface area contributed by atoms with E-state index in [-0.39, 0.29) is 6.03 Å². The molecular weight excluding hydrogens is 320 g/mol. The summed E-state index contributed by atoms with van der Waals surface area (Å²) in [6, 6.07) is 15.9. The van der Waals surface area contributed by atoms with Gasteiger partial charge in [-0.3, -0.25) is 0 Å². The number of urea groups is 1. The van der Waals surface area contributed by atoms with Gasteiger partial charge >= 0.3 is 6.03 Å². The lowest BCUT2D eigenvalue weighted by molar-refractivity contribution is 0.221. The molecule has 2 amide bonds. The zero-order valence-electron chi connectivity index (χ0n) is 14.0. The number of carbonyl (C=O) groups excluding carboxylic acids is 1. The Kier molecular flexibility index (Phi) is 5.30. The molecule has 2 aromatic rings. The molecule has 1 heterocycles. The van der Waals surface area contributed by atoms with Crippen molar-refractivity contribution < 1.29 is 9.53 Å². The van der Waals surface area contributed by atoms with Crippen LogP contribution >= 0.6 is 11.8 Å². The normalized spacial score (nSPS) is 16.9. The lowest BCUT2D eigenvalue weighted by Gasteiger charge is -2.16. The van der Waals surface area contributed by atoms with Crippen molar-refractivity contribution in [3.63, 3.8) is 0 Å². The van der Waals surface area contributed by atoms with Crippen molar-refractivity contribution in [2.45, 2.75) is 23.1 Å². The Morgan fingerprint density at radius 3 is 2.29 bits per heavy atom. The molecule has 1 aliphatic rings. The highest BCUT2D eigenvalue weighted by molar-refractivity contribution is 7.99. The summed E-state index contributed by atoms with van der Waals surface area (Å²) in [5.74, 6) is 1.45. The van der Waals surface area contributed by atoms with Crippen LogP contribution < -0.4 is 10.1 Å². The third-order valence-electron chi connectivity index (χ3n) is 4.11. The smallest absolute Gasteiger partial charge is 0.321 e. The van der Waals surface area contributed by atoms with Crippen molar-refractivity contribution in [2.75, 3.05) is 25.5 Å². The second-order valence-electron chi connectivity index (χ2n) is 6.07. The number of likely N-dealkylation sites (tertiary alicyclic amines) is 1. The molecule has 1 atom stereocenters. The molecule has 3 rings (SSSR count). The van der Waals surface area contributed by atoms with Crippen LogP contribution in [0.3, 0.4) is 0 Å². The Hall–Kier alpha value is -2.14. The molecule has 2 aromatic carbocycles. The topological polar surface area (TPSA) is 41.6 Å². The number of hydrogen-bond donors (Lipinski definition) is 1. The number of benzene rings is 2. The van der Waals surface area contributed by atoms with Gasteiger partial charge in [-0.15, -0.1) is 0 Å². The summed E-state index contributed by atoms with van der Waals surface area (Å²) in [5, 5.41) is 2.97. The molecule has 0 spiro atoms. The van der Waals surface area contributed by atoms with E-state index in [1.54, 1.807) is 18.9 Å². The molecule has 0 radical (unpaired) electrons. The van der Waals surface area contributed by atoms with Crippen molar-refractivity contribution in [1.82, 2.24) is 4.90 Å². The average molecular weight is 342 g/mol. The maximum atomic E-state index is 12.2. The summed E-state index contributed by atoms with van der Waals surface area (Å²) in [5.41, 5.74) is 0.832. The summed E-state index contributed by atoms with van der Waals surface area (Å²) in [4.78, 5) is 16.4. The van der Waals surface area contributed by atoms with Gasteiger partial charge in [0.25, 0.3) is 0 Å². The molecule has 1 saturated heterocycles. The summed E-state index contributed by atoms with van der Waals surface area (Å²) in [6.45, 7) is 3.87. The maximum Gasteiger partial charge on any atom is 0.321 e. The first-order valence-corrected chi connectivity index (χ1v) is 8.93. The van der Waals surface area contributed by atoms with Crippen LogP contribution in [0.5, 0.6) is 5.75 Å². The second-order valence-corrected chi connectivity index (χ2v) is 7.22. The maximum absolute atomic E-state index is 12.2. The average Bonchev–Trinajstić information content (AvgIpc) is 3.04. The molecule has 24 heavy (non-hydrogen) atoms. The quantitative estimate of drug-likeness (QED) is 0.874. The Morgan fingerprint density at radius 1 is 1.12 bits per heavy atom. The van der Waals surface area contributed by atoms with Gasteiger partial charge < -0.3 is 15.0 Å². The standard InChI is InChI=1S/C19H22N2O2S/c1-14-11-12-21(13-14)19(22)20-15-3-7-17(8-4-15)24-18-9-5-16(23-2)6-10-18/h3-10,14H,11-13H2,1-2H3,(H,20,22). The van der Waals surface area contributed by atoms with E-state index in [9.17, 15) is 4.79 Å². The van der Waals surface area contributed by atoms with Gasteiger partial charge in [-0.2, -0.15) is 0 Å². The Bertz CT molecular complexity index is 686. The van der Waals surface area contributed by atoms with E-state index in [1.165, 1.54) is 0 Å². The predicted octanol–water partition coefficient (Wildman–Crippen LogP) is 4.72. The number of ether oxygens (including phenoxy) is 1. The lowest BCUT2D eigenvalue weighted by Crippen LogP contribution is -2.32. The van der Waals surface area contributed by atoms with Crippen molar-refractivity contribution in [3.8, 4) is 5.75 Å². The monoisotopic (exact) mass is 342 g/mol. The highest BCUT2D eigenvalue weighted by Crippen LogP contribution is 2.30. The number of carbonyl (C=O) groups is 1. The minimum atomic E-state index is -0.00472. The fraction of sp³-hybridized carbons (Fsp3) is 0.316. The van der Waals surface area contributed by atoms with Crippen LogP contribution in [0.4, 0.5) is 10.5 Å². The van der Waals surface area contributed by atoms with E-state index in [0.717, 1.165) is 40.7 Å². The minimum Gasteiger partial charge on any atom is -0.497 e. The third-order valence-corrected chi connectivity index (χ3v) is 5.13. The number of amides is 2. The first-order valence-electron chi connectivity index (χ1n) is 8.12. The van der Waals surface area contributed by atoms with Crippen molar-refractivity contribution >= 4 is 23.5 Å². The summed E-state index contributed by atoms with van der Waals surface area (Å²) < 4.78 is 5.17. The van der Waals surface area contributed by atoms with Gasteiger partial charge in [0.15, 0.2) is 0 Å². The molecule has 0 aliphatic carbocycles. The van der Waals surface area contributed by atoms with Gasteiger partial charge in [0, 0.05) is 28.6 Å². The van der Waals surface area contributed by atoms with Crippen molar-refractivity contribution in [2.24, 2.45) is 5.92 Å². The van der Waals surface area contributed by atoms with Crippen LogP contribution in [-0.2, 0) is 0 Å². The number of rotatable bonds is 4. The Labute approximate surface area is 147 Å². The van der Waals surface area contributed by atoms with E-state index >= 15 is 0 Å². The Balaban J connectivity index is 1.57. The van der Waals surface area contributed by atoms with Gasteiger partial charge in [-0.05, 0) is 60.9 Å². The molecular formula is C19H22N2O2S. The third kappa shape index (κ3) is 4.23. The SMILES string of the molecule is COc1ccc(Sc2ccc(NC(=O)N3CCC(C)C3)cc2)cc1. The van der Waals surface area contributed by atoms with Crippen LogP contribution in [0.2, 0.25) is 0 Å². The molecule has 5 heteroatoms. The van der Waals surface area contributed by atoms with Crippen LogP contribution in [0.15, 0.2) is 58.3 Å². The zero-order valence-corrected chi connectivity index (χ0v) is 14.8. The van der Waals surface area contributed by atoms with Gasteiger partial charge in [-0.1, -0.05) is 18.7 Å². The number of hydrogen-bond acceptors (Lipinski definition) is 3. The highest BCUT2D eigenvalue weighted by Gasteiger charge is 2.22. The predicted molar refractivity (Wildman–Crippen MR) is 97.9 cm³/mol. The number of nitrogens with zero attached hydrogens (tertiary/aromatic N) is 1. The molecule has 1 N–H and O–H groups in total. The van der Waals surface area contributed by atoms with E-state index in [0.29, 0.717) is 5.92 Å². The lowest BCUT2D eigenvalue weighted by atomic mass is 10.2. The molecule has 4 nitrogen and oxygen atoms in total. The second kappa shape index (κ2) is 7.62. The molecule has 0 saturated carbocycles. The summed E-state index contributed by atoms with van der Waals surface area (Å²) in [6.07, 6.45) is 1.09. The van der Waals surface area contributed by atoms with Gasteiger partial charge in [0.2, 0.25) is 0 Å². The Morgan fingerprint density at radius 2 is 1.75 bits per heavy atom. The largest absolute Gasteiger partial charge is 0.497 e. The molecule has 1 aliphatic heterocycles. The summed E-state index contributed by atoms with van der Waals surface area (Å²) in [7, 11) is 1.66. The molecule has 0 aromatic heterocycles. The van der Waals surface area contributed by atoms with E-state index in [4.69, 9.17) is 4.74 Å². The molecule has 0 bridgehead atoms. The summed E-state index contributed by atoms with van der Waals surface area (Å²) >= 11 is 1.68. The zero-order chi connectivity index (χ0) is 16.9. The van der Waals surface area contributed by atoms with Gasteiger partial charge in [0.1, 0.15) is 5.75 Å². The fourth-order valence-electron chi connectivity index (χ4n) is 2.71. The van der Waals surface area contributed by atoms with Crippen LogP contribution in [0, 0.1) is 5.92 Å². The van der Waals surface area contributed by atoms with Crippen LogP contribution in [-0.4, -0.2) is 31.1 Å². The minimum absolute atomic E-state index is 0.00472. The van der Waals surface area contributed by atoms with E-state index in [1.807, 2.05) is 53.4 Å². The van der Waals surface area contributed by atoms with Gasteiger partial charge in [-0.25, -0.2) is 4.79 Å². The first kappa shape index (κ1) is 16.7. The fourth-order valence-corrected chi connectivity index (χ4v) is 3.52. The molecule has 1 fully saturated rings. The van der Waals surface area contributed by atoms with Gasteiger partial charge in [0.05, 0.1) is 7.11 Å².